The second-order valence-electron chi connectivity index (χ2n) is 5.83. The van der Waals surface area contributed by atoms with Crippen LogP contribution in [0.1, 0.15) is 36.4 Å². The van der Waals surface area contributed by atoms with Gasteiger partial charge >= 0.3 is 0 Å². The maximum Gasteiger partial charge on any atom is 0.191 e. The molecule has 0 aliphatic heterocycles. The molecule has 6 heteroatoms. The molecule has 0 radical (unpaired) electrons. The van der Waals surface area contributed by atoms with Gasteiger partial charge in [-0.3, -0.25) is 4.90 Å². The van der Waals surface area contributed by atoms with Gasteiger partial charge in [0.1, 0.15) is 0 Å². The summed E-state index contributed by atoms with van der Waals surface area (Å²) in [6.45, 7) is 9.09. The number of nitrogens with zero attached hydrogens (tertiary/aromatic N) is 2. The Morgan fingerprint density at radius 3 is 2.68 bits per heavy atom. The molecule has 1 heterocycles. The largest absolute Gasteiger partial charge is 0.357 e. The molecule has 1 aliphatic carbocycles. The third-order valence-corrected chi connectivity index (χ3v) is 4.90. The monoisotopic (exact) mass is 436 g/mol. The molecule has 0 bridgehead atoms. The molecule has 22 heavy (non-hydrogen) atoms. The van der Waals surface area contributed by atoms with Gasteiger partial charge in [-0.15, -0.1) is 35.3 Å². The van der Waals surface area contributed by atoms with Gasteiger partial charge in [0, 0.05) is 34.9 Å². The first kappa shape index (κ1) is 19.7. The molecule has 1 aromatic rings. The normalized spacial score (nSPS) is 16.3. The number of nitrogens with one attached hydrogen (secondary N) is 2. The van der Waals surface area contributed by atoms with Crippen LogP contribution in [-0.2, 0) is 6.54 Å². The molecule has 2 rings (SSSR count). The Bertz CT molecular complexity index is 470. The maximum absolute atomic E-state index is 4.68. The summed E-state index contributed by atoms with van der Waals surface area (Å²) < 4.78 is 0. The average Bonchev–Trinajstić information content (AvgIpc) is 3.23. The van der Waals surface area contributed by atoms with Crippen LogP contribution in [0.2, 0.25) is 0 Å². The van der Waals surface area contributed by atoms with Gasteiger partial charge in [-0.05, 0) is 52.8 Å². The molecule has 1 aliphatic rings. The number of likely N-dealkylation sites (N-methyl/N-ethyl adjacent to an activating group) is 1. The highest BCUT2D eigenvalue weighted by molar-refractivity contribution is 14.0. The summed E-state index contributed by atoms with van der Waals surface area (Å²) in [6.07, 6.45) is 2.71. The van der Waals surface area contributed by atoms with Gasteiger partial charge in [-0.25, -0.2) is 4.99 Å². The lowest BCUT2D eigenvalue weighted by atomic mass is 10.3. The first-order valence-corrected chi connectivity index (χ1v) is 8.71. The lowest BCUT2D eigenvalue weighted by molar-refractivity contribution is 0.247. The van der Waals surface area contributed by atoms with Crippen molar-refractivity contribution in [2.75, 3.05) is 20.1 Å². The number of thiophene rings is 1. The van der Waals surface area contributed by atoms with Crippen molar-refractivity contribution in [3.05, 3.63) is 21.9 Å². The Hall–Kier alpha value is -0.340. The van der Waals surface area contributed by atoms with Gasteiger partial charge in [-0.2, -0.15) is 0 Å². The minimum absolute atomic E-state index is 0. The van der Waals surface area contributed by atoms with Crippen LogP contribution in [0.15, 0.2) is 17.1 Å². The molecule has 1 unspecified atom stereocenters. The molecule has 1 atom stereocenters. The van der Waals surface area contributed by atoms with Crippen molar-refractivity contribution in [1.82, 2.24) is 15.5 Å². The number of aryl methyl sites for hydroxylation is 1. The topological polar surface area (TPSA) is 39.7 Å². The van der Waals surface area contributed by atoms with E-state index in [1.165, 1.54) is 22.6 Å². The van der Waals surface area contributed by atoms with Crippen molar-refractivity contribution in [3.63, 3.8) is 0 Å². The van der Waals surface area contributed by atoms with Gasteiger partial charge in [0.2, 0.25) is 0 Å². The third kappa shape index (κ3) is 6.42. The molecule has 0 saturated heterocycles. The molecule has 4 nitrogen and oxygen atoms in total. The highest BCUT2D eigenvalue weighted by Gasteiger charge is 2.28. The van der Waals surface area contributed by atoms with E-state index in [2.05, 4.69) is 60.5 Å². The first-order valence-electron chi connectivity index (χ1n) is 7.89. The van der Waals surface area contributed by atoms with Crippen LogP contribution < -0.4 is 10.6 Å². The minimum atomic E-state index is 0. The number of guanidine groups is 1. The van der Waals surface area contributed by atoms with Gasteiger partial charge in [0.25, 0.3) is 0 Å². The fraction of sp³-hybridized carbons (Fsp3) is 0.688. The summed E-state index contributed by atoms with van der Waals surface area (Å²) in [5.74, 6) is 0.916. The zero-order valence-corrected chi connectivity index (χ0v) is 17.2. The van der Waals surface area contributed by atoms with Crippen LogP contribution in [0.5, 0.6) is 0 Å². The van der Waals surface area contributed by atoms with Crippen LogP contribution in [0, 0.1) is 6.92 Å². The van der Waals surface area contributed by atoms with Crippen molar-refractivity contribution >= 4 is 41.3 Å². The highest BCUT2D eigenvalue weighted by atomic mass is 127. The summed E-state index contributed by atoms with van der Waals surface area (Å²) in [5.41, 5.74) is 0. The molecule has 0 aromatic carbocycles. The predicted octanol–water partition coefficient (Wildman–Crippen LogP) is 3.21. The van der Waals surface area contributed by atoms with E-state index in [1.54, 1.807) is 0 Å². The Kier molecular flexibility index (Phi) is 8.71. The smallest absolute Gasteiger partial charge is 0.191 e. The summed E-state index contributed by atoms with van der Waals surface area (Å²) in [6, 6.07) is 5.65. The molecular weight excluding hydrogens is 407 g/mol. The SMILES string of the molecule is CCNC(=NCc1ccc(C)s1)NCC(C)N(C)C1CC1.I. The Morgan fingerprint density at radius 1 is 1.41 bits per heavy atom. The highest BCUT2D eigenvalue weighted by Crippen LogP contribution is 2.26. The Balaban J connectivity index is 0.00000242. The number of aliphatic imine (C=N–C) groups is 1. The Morgan fingerprint density at radius 2 is 2.14 bits per heavy atom. The lowest BCUT2D eigenvalue weighted by Crippen LogP contribution is -2.45. The van der Waals surface area contributed by atoms with E-state index in [0.717, 1.165) is 31.6 Å². The Labute approximate surface area is 155 Å². The van der Waals surface area contributed by atoms with Crippen molar-refractivity contribution < 1.29 is 0 Å². The second kappa shape index (κ2) is 9.72. The first-order chi connectivity index (χ1) is 10.1. The zero-order chi connectivity index (χ0) is 15.2. The van der Waals surface area contributed by atoms with Gasteiger partial charge in [0.15, 0.2) is 5.96 Å². The van der Waals surface area contributed by atoms with Crippen molar-refractivity contribution in [2.45, 2.75) is 52.2 Å². The predicted molar refractivity (Wildman–Crippen MR) is 108 cm³/mol. The number of hydrogen-bond donors (Lipinski definition) is 2. The number of hydrogen-bond acceptors (Lipinski definition) is 3. The molecule has 1 fully saturated rings. The fourth-order valence-electron chi connectivity index (χ4n) is 2.30. The van der Waals surface area contributed by atoms with E-state index in [-0.39, 0.29) is 24.0 Å². The molecule has 2 N–H and O–H groups in total. The summed E-state index contributed by atoms with van der Waals surface area (Å²) in [5, 5.41) is 6.79. The second-order valence-corrected chi connectivity index (χ2v) is 7.21. The van der Waals surface area contributed by atoms with Gasteiger partial charge in [-0.1, -0.05) is 0 Å². The quantitative estimate of drug-likeness (QED) is 0.392. The minimum Gasteiger partial charge on any atom is -0.357 e. The van der Waals surface area contributed by atoms with E-state index < -0.39 is 0 Å². The zero-order valence-electron chi connectivity index (χ0n) is 14.1. The summed E-state index contributed by atoms with van der Waals surface area (Å²) in [4.78, 5) is 9.80. The number of halogens is 1. The standard InChI is InChI=1S/C16H28N4S.HI/c1-5-17-16(19-11-15-9-6-13(3)21-15)18-10-12(2)20(4)14-7-8-14;/h6,9,12,14H,5,7-8,10-11H2,1-4H3,(H2,17,18,19);1H. The van der Waals surface area contributed by atoms with Crippen molar-refractivity contribution in [2.24, 2.45) is 4.99 Å². The third-order valence-electron chi connectivity index (χ3n) is 3.92. The van der Waals surface area contributed by atoms with Crippen molar-refractivity contribution in [1.29, 1.82) is 0 Å². The maximum atomic E-state index is 4.68. The molecule has 1 aromatic heterocycles. The average molecular weight is 436 g/mol. The summed E-state index contributed by atoms with van der Waals surface area (Å²) in [7, 11) is 2.22. The van der Waals surface area contributed by atoms with Crippen molar-refractivity contribution in [3.8, 4) is 0 Å². The van der Waals surface area contributed by atoms with Crippen LogP contribution in [0.4, 0.5) is 0 Å². The fourth-order valence-corrected chi connectivity index (χ4v) is 3.11. The van der Waals surface area contributed by atoms with Crippen LogP contribution in [0.3, 0.4) is 0 Å². The molecular formula is C16H29IN4S. The van der Waals surface area contributed by atoms with Crippen LogP contribution >= 0.6 is 35.3 Å². The van der Waals surface area contributed by atoms with E-state index in [4.69, 9.17) is 0 Å². The summed E-state index contributed by atoms with van der Waals surface area (Å²) >= 11 is 1.82. The number of rotatable bonds is 7. The van der Waals surface area contributed by atoms with Crippen LogP contribution in [0.25, 0.3) is 0 Å². The van der Waals surface area contributed by atoms with E-state index in [0.29, 0.717) is 6.04 Å². The van der Waals surface area contributed by atoms with E-state index in [9.17, 15) is 0 Å². The van der Waals surface area contributed by atoms with Gasteiger partial charge in [0.05, 0.1) is 6.54 Å². The molecule has 1 saturated carbocycles. The van der Waals surface area contributed by atoms with Gasteiger partial charge < -0.3 is 10.6 Å². The lowest BCUT2D eigenvalue weighted by Gasteiger charge is -2.25. The van der Waals surface area contributed by atoms with E-state index in [1.807, 2.05) is 11.3 Å². The molecule has 0 spiro atoms. The van der Waals surface area contributed by atoms with Crippen LogP contribution in [-0.4, -0.2) is 43.1 Å². The van der Waals surface area contributed by atoms with E-state index >= 15 is 0 Å². The molecule has 126 valence electrons. The molecule has 0 amide bonds.